The van der Waals surface area contributed by atoms with Crippen LogP contribution in [0.3, 0.4) is 0 Å². The van der Waals surface area contributed by atoms with Crippen molar-refractivity contribution in [3.8, 4) is 0 Å². The Hall–Kier alpha value is -1.53. The molecule has 0 saturated carbocycles. The number of hydrazone groups is 1. The summed E-state index contributed by atoms with van der Waals surface area (Å²) in [5.74, 6) is -0.552. The van der Waals surface area contributed by atoms with Gasteiger partial charge in [0.05, 0.1) is 16.4 Å². The summed E-state index contributed by atoms with van der Waals surface area (Å²) in [6, 6.07) is 9.62. The van der Waals surface area contributed by atoms with Gasteiger partial charge in [-0.2, -0.15) is 5.10 Å². The lowest BCUT2D eigenvalue weighted by Crippen LogP contribution is -2.19. The SMILES string of the molecule is O=C(Cc1ccc(F)cc1)N/N=C/c1ccc(Br)s1. The fourth-order valence-corrected chi connectivity index (χ4v) is 2.69. The monoisotopic (exact) mass is 340 g/mol. The second-order valence-electron chi connectivity index (χ2n) is 3.74. The normalized spacial score (nSPS) is 10.8. The lowest BCUT2D eigenvalue weighted by Gasteiger charge is -1.99. The lowest BCUT2D eigenvalue weighted by molar-refractivity contribution is -0.120. The van der Waals surface area contributed by atoms with Crippen LogP contribution in [0.4, 0.5) is 4.39 Å². The first-order chi connectivity index (χ1) is 9.13. The number of hydrogen-bond acceptors (Lipinski definition) is 3. The number of nitrogens with one attached hydrogen (secondary N) is 1. The summed E-state index contributed by atoms with van der Waals surface area (Å²) in [6.07, 6.45) is 1.75. The number of thiophene rings is 1. The smallest absolute Gasteiger partial charge is 0.244 e. The highest BCUT2D eigenvalue weighted by molar-refractivity contribution is 9.11. The quantitative estimate of drug-likeness (QED) is 0.673. The molecule has 19 heavy (non-hydrogen) atoms. The molecule has 1 aromatic heterocycles. The first-order valence-corrected chi connectivity index (χ1v) is 7.06. The Morgan fingerprint density at radius 2 is 2.05 bits per heavy atom. The fraction of sp³-hybridized carbons (Fsp3) is 0.0769. The van der Waals surface area contributed by atoms with E-state index in [-0.39, 0.29) is 18.1 Å². The van der Waals surface area contributed by atoms with Crippen LogP contribution in [0.5, 0.6) is 0 Å². The molecular weight excluding hydrogens is 331 g/mol. The van der Waals surface area contributed by atoms with Gasteiger partial charge in [0.25, 0.3) is 0 Å². The van der Waals surface area contributed by atoms with Gasteiger partial charge in [0.1, 0.15) is 5.82 Å². The molecule has 98 valence electrons. The highest BCUT2D eigenvalue weighted by Crippen LogP contribution is 2.20. The Kier molecular flexibility index (Phi) is 4.81. The van der Waals surface area contributed by atoms with Crippen LogP contribution in [0.15, 0.2) is 45.3 Å². The second-order valence-corrected chi connectivity index (χ2v) is 6.23. The van der Waals surface area contributed by atoms with Crippen LogP contribution in [-0.2, 0) is 11.2 Å². The van der Waals surface area contributed by atoms with Crippen LogP contribution >= 0.6 is 27.3 Å². The molecule has 0 aliphatic carbocycles. The van der Waals surface area contributed by atoms with Gasteiger partial charge in [-0.05, 0) is 45.8 Å². The average molecular weight is 341 g/mol. The van der Waals surface area contributed by atoms with Crippen LogP contribution in [0, 0.1) is 5.82 Å². The van der Waals surface area contributed by atoms with E-state index in [9.17, 15) is 9.18 Å². The van der Waals surface area contributed by atoms with E-state index in [0.29, 0.717) is 0 Å². The minimum absolute atomic E-state index is 0.172. The summed E-state index contributed by atoms with van der Waals surface area (Å²) >= 11 is 4.86. The molecule has 0 bridgehead atoms. The molecule has 1 aromatic carbocycles. The minimum atomic E-state index is -0.314. The van der Waals surface area contributed by atoms with Crippen LogP contribution in [0.2, 0.25) is 0 Å². The van der Waals surface area contributed by atoms with Crippen LogP contribution in [0.25, 0.3) is 0 Å². The van der Waals surface area contributed by atoms with Gasteiger partial charge in [-0.15, -0.1) is 11.3 Å². The maximum Gasteiger partial charge on any atom is 0.244 e. The highest BCUT2D eigenvalue weighted by atomic mass is 79.9. The Balaban J connectivity index is 1.84. The van der Waals surface area contributed by atoms with E-state index in [2.05, 4.69) is 26.5 Å². The number of carbonyl (C=O) groups excluding carboxylic acids is 1. The summed E-state index contributed by atoms with van der Waals surface area (Å²) in [5, 5.41) is 3.86. The molecule has 2 aromatic rings. The molecule has 2 rings (SSSR count). The maximum absolute atomic E-state index is 12.7. The van der Waals surface area contributed by atoms with Gasteiger partial charge < -0.3 is 0 Å². The number of hydrogen-bond donors (Lipinski definition) is 1. The van der Waals surface area contributed by atoms with Gasteiger partial charge in [-0.25, -0.2) is 9.82 Å². The fourth-order valence-electron chi connectivity index (χ4n) is 1.39. The van der Waals surface area contributed by atoms with Crippen LogP contribution in [-0.4, -0.2) is 12.1 Å². The Bertz CT molecular complexity index is 595. The number of amides is 1. The first kappa shape index (κ1) is 13.9. The zero-order valence-electron chi connectivity index (χ0n) is 9.77. The maximum atomic E-state index is 12.7. The molecule has 0 fully saturated rings. The molecule has 0 spiro atoms. The second kappa shape index (κ2) is 6.58. The zero-order valence-corrected chi connectivity index (χ0v) is 12.2. The molecule has 6 heteroatoms. The first-order valence-electron chi connectivity index (χ1n) is 5.45. The number of rotatable bonds is 4. The Morgan fingerprint density at radius 1 is 1.32 bits per heavy atom. The topological polar surface area (TPSA) is 41.5 Å². The van der Waals surface area contributed by atoms with Crippen LogP contribution in [0.1, 0.15) is 10.4 Å². The third-order valence-electron chi connectivity index (χ3n) is 2.25. The van der Waals surface area contributed by atoms with Crippen molar-refractivity contribution in [1.82, 2.24) is 5.43 Å². The van der Waals surface area contributed by atoms with Gasteiger partial charge in [0, 0.05) is 4.88 Å². The zero-order chi connectivity index (χ0) is 13.7. The summed E-state index contributed by atoms with van der Waals surface area (Å²) in [4.78, 5) is 12.5. The molecule has 1 amide bonds. The highest BCUT2D eigenvalue weighted by Gasteiger charge is 2.02. The van der Waals surface area contributed by atoms with Gasteiger partial charge >= 0.3 is 0 Å². The number of benzene rings is 1. The predicted molar refractivity (Wildman–Crippen MR) is 77.9 cm³/mol. The van der Waals surface area contributed by atoms with E-state index in [1.807, 2.05) is 12.1 Å². The van der Waals surface area contributed by atoms with E-state index in [0.717, 1.165) is 14.2 Å². The summed E-state index contributed by atoms with van der Waals surface area (Å²) in [6.45, 7) is 0. The number of carbonyl (C=O) groups is 1. The molecule has 3 nitrogen and oxygen atoms in total. The van der Waals surface area contributed by atoms with Crippen molar-refractivity contribution in [3.05, 3.63) is 56.4 Å². The third-order valence-corrected chi connectivity index (χ3v) is 3.81. The number of halogens is 2. The van der Waals surface area contributed by atoms with Crippen molar-refractivity contribution in [2.75, 3.05) is 0 Å². The number of nitrogens with zero attached hydrogens (tertiary/aromatic N) is 1. The molecule has 0 atom stereocenters. The van der Waals surface area contributed by atoms with Crippen molar-refractivity contribution < 1.29 is 9.18 Å². The summed E-state index contributed by atoms with van der Waals surface area (Å²) in [5.41, 5.74) is 3.18. The van der Waals surface area contributed by atoms with Gasteiger partial charge in [-0.1, -0.05) is 12.1 Å². The lowest BCUT2D eigenvalue weighted by atomic mass is 10.1. The summed E-state index contributed by atoms with van der Waals surface area (Å²) < 4.78 is 13.7. The molecule has 0 unspecified atom stereocenters. The predicted octanol–water partition coefficient (Wildman–Crippen LogP) is 3.34. The van der Waals surface area contributed by atoms with Gasteiger partial charge in [-0.3, -0.25) is 4.79 Å². The summed E-state index contributed by atoms with van der Waals surface area (Å²) in [7, 11) is 0. The van der Waals surface area contributed by atoms with Gasteiger partial charge in [0.2, 0.25) is 5.91 Å². The molecule has 0 aliphatic rings. The van der Waals surface area contributed by atoms with E-state index in [1.54, 1.807) is 18.3 Å². The minimum Gasteiger partial charge on any atom is -0.273 e. The standard InChI is InChI=1S/C13H10BrFN2OS/c14-12-6-5-11(19-12)8-16-17-13(18)7-9-1-3-10(15)4-2-9/h1-6,8H,7H2,(H,17,18)/b16-8+. The third kappa shape index (κ3) is 4.57. The molecular formula is C13H10BrFN2OS. The van der Waals surface area contributed by atoms with Crippen molar-refractivity contribution in [2.24, 2.45) is 5.10 Å². The van der Waals surface area contributed by atoms with E-state index in [1.165, 1.54) is 23.5 Å². The van der Waals surface area contributed by atoms with Crippen molar-refractivity contribution >= 4 is 39.4 Å². The van der Waals surface area contributed by atoms with Crippen molar-refractivity contribution in [3.63, 3.8) is 0 Å². The Labute approximate surface area is 122 Å². The molecule has 0 aliphatic heterocycles. The van der Waals surface area contributed by atoms with E-state index >= 15 is 0 Å². The molecule has 0 radical (unpaired) electrons. The van der Waals surface area contributed by atoms with Crippen molar-refractivity contribution in [1.29, 1.82) is 0 Å². The average Bonchev–Trinajstić information content (AvgIpc) is 2.78. The van der Waals surface area contributed by atoms with Crippen molar-refractivity contribution in [2.45, 2.75) is 6.42 Å². The van der Waals surface area contributed by atoms with E-state index < -0.39 is 0 Å². The van der Waals surface area contributed by atoms with Gasteiger partial charge in [0.15, 0.2) is 0 Å². The Morgan fingerprint density at radius 3 is 2.68 bits per heavy atom. The van der Waals surface area contributed by atoms with E-state index in [4.69, 9.17) is 0 Å². The van der Waals surface area contributed by atoms with Crippen LogP contribution < -0.4 is 5.43 Å². The molecule has 1 N–H and O–H groups in total. The molecule has 1 heterocycles. The molecule has 0 saturated heterocycles. The largest absolute Gasteiger partial charge is 0.273 e.